The van der Waals surface area contributed by atoms with Crippen molar-refractivity contribution in [1.82, 2.24) is 10.2 Å². The third kappa shape index (κ3) is 4.02. The van der Waals surface area contributed by atoms with Crippen LogP contribution < -0.4 is 10.9 Å². The highest BCUT2D eigenvalue weighted by atomic mass is 127. The average Bonchev–Trinajstić information content (AvgIpc) is 2.62. The third-order valence-electron chi connectivity index (χ3n) is 3.35. The average molecular weight is 449 g/mol. The standard InChI is InChI=1S/C17H12IN3O4/c18-10-5-7-11(8-6-10)19-14(22)9-25-17(24)15-12-3-1-2-4-13(12)16(23)21-20-15/h1-8H,9H2,(H,19,22)(H,21,23). The van der Waals surface area contributed by atoms with Gasteiger partial charge in [0.2, 0.25) is 0 Å². The Labute approximate surface area is 155 Å². The summed E-state index contributed by atoms with van der Waals surface area (Å²) in [5, 5.41) is 9.30. The number of halogens is 1. The van der Waals surface area contributed by atoms with E-state index in [9.17, 15) is 14.4 Å². The lowest BCUT2D eigenvalue weighted by atomic mass is 10.1. The largest absolute Gasteiger partial charge is 0.451 e. The molecule has 1 heterocycles. The molecule has 2 aromatic carbocycles. The molecule has 0 saturated carbocycles. The summed E-state index contributed by atoms with van der Waals surface area (Å²) >= 11 is 2.16. The van der Waals surface area contributed by atoms with Crippen LogP contribution in [0.2, 0.25) is 0 Å². The first-order chi connectivity index (χ1) is 12.0. The van der Waals surface area contributed by atoms with Crippen LogP contribution in [-0.2, 0) is 9.53 Å². The number of anilines is 1. The Kier molecular flexibility index (Phi) is 5.08. The minimum absolute atomic E-state index is 0.0442. The summed E-state index contributed by atoms with van der Waals surface area (Å²) < 4.78 is 6.04. The normalized spacial score (nSPS) is 10.4. The molecule has 7 nitrogen and oxygen atoms in total. The van der Waals surface area contributed by atoms with Crippen LogP contribution in [0.25, 0.3) is 10.8 Å². The second-order valence-corrected chi connectivity index (χ2v) is 6.32. The van der Waals surface area contributed by atoms with E-state index in [0.29, 0.717) is 16.5 Å². The molecule has 3 rings (SSSR count). The molecule has 0 fully saturated rings. The predicted molar refractivity (Wildman–Crippen MR) is 100 cm³/mol. The lowest BCUT2D eigenvalue weighted by Crippen LogP contribution is -2.22. The molecule has 126 valence electrons. The Morgan fingerprint density at radius 1 is 1.08 bits per heavy atom. The Bertz CT molecular complexity index is 999. The lowest BCUT2D eigenvalue weighted by molar-refractivity contribution is -0.119. The van der Waals surface area contributed by atoms with Crippen molar-refractivity contribution in [3.63, 3.8) is 0 Å². The summed E-state index contributed by atoms with van der Waals surface area (Å²) in [6.45, 7) is -0.458. The van der Waals surface area contributed by atoms with E-state index in [0.717, 1.165) is 3.57 Å². The van der Waals surface area contributed by atoms with Gasteiger partial charge in [0.1, 0.15) is 0 Å². The molecular formula is C17H12IN3O4. The number of esters is 1. The zero-order valence-corrected chi connectivity index (χ0v) is 14.9. The van der Waals surface area contributed by atoms with Gasteiger partial charge in [0, 0.05) is 14.6 Å². The minimum Gasteiger partial charge on any atom is -0.451 e. The van der Waals surface area contributed by atoms with Crippen molar-refractivity contribution in [3.8, 4) is 0 Å². The van der Waals surface area contributed by atoms with Gasteiger partial charge in [-0.3, -0.25) is 9.59 Å². The fourth-order valence-electron chi connectivity index (χ4n) is 2.20. The van der Waals surface area contributed by atoms with E-state index in [4.69, 9.17) is 4.74 Å². The molecule has 1 amide bonds. The number of nitrogens with zero attached hydrogens (tertiary/aromatic N) is 1. The third-order valence-corrected chi connectivity index (χ3v) is 4.07. The van der Waals surface area contributed by atoms with E-state index in [2.05, 4.69) is 38.1 Å². The summed E-state index contributed by atoms with van der Waals surface area (Å²) in [6, 6.07) is 13.7. The molecule has 1 aromatic heterocycles. The molecule has 2 N–H and O–H groups in total. The highest BCUT2D eigenvalue weighted by Crippen LogP contribution is 2.14. The first kappa shape index (κ1) is 17.1. The Morgan fingerprint density at radius 2 is 1.76 bits per heavy atom. The molecule has 0 bridgehead atoms. The number of fused-ring (bicyclic) bond motifs is 1. The number of nitrogens with one attached hydrogen (secondary N) is 2. The topological polar surface area (TPSA) is 101 Å². The number of carbonyl (C=O) groups excluding carboxylic acids is 2. The molecule has 0 aliphatic heterocycles. The van der Waals surface area contributed by atoms with Crippen molar-refractivity contribution in [2.24, 2.45) is 0 Å². The van der Waals surface area contributed by atoms with Crippen LogP contribution in [0.3, 0.4) is 0 Å². The maximum atomic E-state index is 12.2. The maximum absolute atomic E-state index is 12.2. The summed E-state index contributed by atoms with van der Waals surface area (Å²) in [7, 11) is 0. The highest BCUT2D eigenvalue weighted by Gasteiger charge is 2.16. The first-order valence-corrected chi connectivity index (χ1v) is 8.32. The van der Waals surface area contributed by atoms with Gasteiger partial charge in [-0.25, -0.2) is 9.89 Å². The number of aromatic amines is 1. The number of rotatable bonds is 4. The van der Waals surface area contributed by atoms with E-state index < -0.39 is 24.0 Å². The summed E-state index contributed by atoms with van der Waals surface area (Å²) in [5.74, 6) is -1.26. The van der Waals surface area contributed by atoms with Gasteiger partial charge in [-0.05, 0) is 52.9 Å². The lowest BCUT2D eigenvalue weighted by Gasteiger charge is -2.07. The van der Waals surface area contributed by atoms with Gasteiger partial charge in [-0.15, -0.1) is 0 Å². The smallest absolute Gasteiger partial charge is 0.359 e. The number of hydrogen-bond acceptors (Lipinski definition) is 5. The molecular weight excluding hydrogens is 437 g/mol. The zero-order chi connectivity index (χ0) is 17.8. The number of ether oxygens (including phenoxy) is 1. The van der Waals surface area contributed by atoms with E-state index in [1.165, 1.54) is 0 Å². The molecule has 0 radical (unpaired) electrons. The Morgan fingerprint density at radius 3 is 2.48 bits per heavy atom. The second-order valence-electron chi connectivity index (χ2n) is 5.08. The van der Waals surface area contributed by atoms with Crippen LogP contribution >= 0.6 is 22.6 Å². The predicted octanol–water partition coefficient (Wildman–Crippen LogP) is 2.32. The molecule has 0 atom stereocenters. The second kappa shape index (κ2) is 7.43. The van der Waals surface area contributed by atoms with Gasteiger partial charge < -0.3 is 10.1 Å². The van der Waals surface area contributed by atoms with Crippen molar-refractivity contribution in [3.05, 3.63) is 68.1 Å². The van der Waals surface area contributed by atoms with Gasteiger partial charge in [0.15, 0.2) is 12.3 Å². The molecule has 0 unspecified atom stereocenters. The summed E-state index contributed by atoms with van der Waals surface area (Å²) in [6.07, 6.45) is 0. The van der Waals surface area contributed by atoms with E-state index >= 15 is 0 Å². The van der Waals surface area contributed by atoms with Crippen LogP contribution in [0, 0.1) is 3.57 Å². The van der Waals surface area contributed by atoms with Gasteiger partial charge >= 0.3 is 5.97 Å². The molecule has 0 aliphatic carbocycles. The van der Waals surface area contributed by atoms with Crippen molar-refractivity contribution in [2.45, 2.75) is 0 Å². The van der Waals surface area contributed by atoms with Crippen molar-refractivity contribution in [2.75, 3.05) is 11.9 Å². The number of aromatic nitrogens is 2. The Hall–Kier alpha value is -2.75. The quantitative estimate of drug-likeness (QED) is 0.471. The molecule has 0 aliphatic rings. The fourth-order valence-corrected chi connectivity index (χ4v) is 2.56. The van der Waals surface area contributed by atoms with Gasteiger partial charge in [-0.1, -0.05) is 18.2 Å². The highest BCUT2D eigenvalue weighted by molar-refractivity contribution is 14.1. The molecule has 0 saturated heterocycles. The van der Waals surface area contributed by atoms with Crippen LogP contribution in [0.1, 0.15) is 10.5 Å². The van der Waals surface area contributed by atoms with Crippen molar-refractivity contribution >= 4 is 50.9 Å². The van der Waals surface area contributed by atoms with Crippen LogP contribution in [0.5, 0.6) is 0 Å². The number of carbonyl (C=O) groups is 2. The van der Waals surface area contributed by atoms with Crippen molar-refractivity contribution < 1.29 is 14.3 Å². The zero-order valence-electron chi connectivity index (χ0n) is 12.8. The first-order valence-electron chi connectivity index (χ1n) is 7.24. The molecule has 25 heavy (non-hydrogen) atoms. The van der Waals surface area contributed by atoms with Crippen molar-refractivity contribution in [1.29, 1.82) is 0 Å². The number of amides is 1. The van der Waals surface area contributed by atoms with E-state index in [1.54, 1.807) is 36.4 Å². The van der Waals surface area contributed by atoms with Gasteiger partial charge in [-0.2, -0.15) is 5.10 Å². The van der Waals surface area contributed by atoms with E-state index in [1.807, 2.05) is 12.1 Å². The molecule has 8 heteroatoms. The fraction of sp³-hybridized carbons (Fsp3) is 0.0588. The maximum Gasteiger partial charge on any atom is 0.359 e. The minimum atomic E-state index is -0.787. The SMILES string of the molecule is O=C(COC(=O)c1n[nH]c(=O)c2ccccc12)Nc1ccc(I)cc1. The number of benzene rings is 2. The van der Waals surface area contributed by atoms with Crippen LogP contribution in [0.15, 0.2) is 53.3 Å². The molecule has 3 aromatic rings. The number of H-pyrrole nitrogens is 1. The van der Waals surface area contributed by atoms with Crippen LogP contribution in [-0.4, -0.2) is 28.7 Å². The van der Waals surface area contributed by atoms with Gasteiger partial charge in [0.25, 0.3) is 11.5 Å². The van der Waals surface area contributed by atoms with E-state index in [-0.39, 0.29) is 5.69 Å². The molecule has 0 spiro atoms. The van der Waals surface area contributed by atoms with Gasteiger partial charge in [0.05, 0.1) is 5.39 Å². The van der Waals surface area contributed by atoms with Crippen LogP contribution in [0.4, 0.5) is 5.69 Å². The number of hydrogen-bond donors (Lipinski definition) is 2. The summed E-state index contributed by atoms with van der Waals surface area (Å²) in [4.78, 5) is 35.8. The monoisotopic (exact) mass is 449 g/mol. The summed E-state index contributed by atoms with van der Waals surface area (Å²) in [5.41, 5.74) is 0.162. The Balaban J connectivity index is 1.69.